The third-order valence-corrected chi connectivity index (χ3v) is 5.03. The van der Waals surface area contributed by atoms with Crippen LogP contribution in [0.25, 0.3) is 11.5 Å². The molecule has 0 fully saturated rings. The van der Waals surface area contributed by atoms with E-state index in [0.717, 1.165) is 13.2 Å². The van der Waals surface area contributed by atoms with Gasteiger partial charge in [0.15, 0.2) is 0 Å². The molecule has 0 spiro atoms. The number of pyridine rings is 1. The zero-order chi connectivity index (χ0) is 24.6. The van der Waals surface area contributed by atoms with Gasteiger partial charge in [-0.1, -0.05) is 11.6 Å². The molecule has 3 N–H and O–H groups in total. The van der Waals surface area contributed by atoms with Crippen LogP contribution in [0, 0.1) is 0 Å². The minimum Gasteiger partial charge on any atom is -0.441 e. The van der Waals surface area contributed by atoms with Crippen molar-refractivity contribution in [3.8, 4) is 11.5 Å². The third-order valence-electron chi connectivity index (χ3n) is 4.73. The average Bonchev–Trinajstić information content (AvgIpc) is 3.15. The molecule has 1 atom stereocenters. The van der Waals surface area contributed by atoms with Crippen LogP contribution in [0.4, 0.5) is 26.3 Å². The number of carbonyl (C=O) groups excluding carboxylic acids is 1. The number of hydrogen-bond donors (Lipinski definition) is 2. The summed E-state index contributed by atoms with van der Waals surface area (Å²) in [6.07, 6.45) is -7.06. The highest BCUT2D eigenvalue weighted by molar-refractivity contribution is 6.43. The van der Waals surface area contributed by atoms with E-state index in [4.69, 9.17) is 21.8 Å². The van der Waals surface area contributed by atoms with Crippen LogP contribution in [0.1, 0.15) is 36.0 Å². The van der Waals surface area contributed by atoms with Gasteiger partial charge in [0.2, 0.25) is 5.89 Å². The topological polar surface area (TPSA) is 106 Å². The first kappa shape index (κ1) is 24.6. The van der Waals surface area contributed by atoms with Crippen molar-refractivity contribution in [1.82, 2.24) is 15.3 Å². The molecule has 0 bridgehead atoms. The summed E-state index contributed by atoms with van der Waals surface area (Å²) in [5.41, 5.74) is 1.78. The van der Waals surface area contributed by atoms with Crippen molar-refractivity contribution in [2.45, 2.75) is 37.7 Å². The molecule has 33 heavy (non-hydrogen) atoms. The number of halogens is 7. The summed E-state index contributed by atoms with van der Waals surface area (Å²) in [5, 5.41) is 2.38. The van der Waals surface area contributed by atoms with E-state index in [1.807, 2.05) is 0 Å². The van der Waals surface area contributed by atoms with Crippen LogP contribution in [0.3, 0.4) is 0 Å². The lowest BCUT2D eigenvalue weighted by atomic mass is 9.96. The summed E-state index contributed by atoms with van der Waals surface area (Å²) < 4.78 is 82.7. The number of aryl methyl sites for hydroxylation is 1. The van der Waals surface area contributed by atoms with Crippen molar-refractivity contribution in [2.75, 3.05) is 7.05 Å². The van der Waals surface area contributed by atoms with Crippen LogP contribution in [0.2, 0.25) is 5.02 Å². The SMILES string of the molecule is CN=C(/C=C(\N)C(F)(F)F)C(=O)NC1CCCc2oc(-c3cc(C(F)(F)F)ncc3Cl)nc21. The zero-order valence-electron chi connectivity index (χ0n) is 16.8. The smallest absolute Gasteiger partial charge is 0.433 e. The number of alkyl halides is 6. The predicted molar refractivity (Wildman–Crippen MR) is 105 cm³/mol. The van der Waals surface area contributed by atoms with Crippen LogP contribution in [-0.2, 0) is 17.4 Å². The summed E-state index contributed by atoms with van der Waals surface area (Å²) in [6.45, 7) is 0. The minimum atomic E-state index is -4.84. The van der Waals surface area contributed by atoms with Crippen molar-refractivity contribution in [3.05, 3.63) is 46.2 Å². The fourth-order valence-corrected chi connectivity index (χ4v) is 3.31. The van der Waals surface area contributed by atoms with Gasteiger partial charge in [0.05, 0.1) is 16.6 Å². The molecule has 1 amide bonds. The molecule has 0 saturated heterocycles. The molecule has 1 aliphatic carbocycles. The van der Waals surface area contributed by atoms with Gasteiger partial charge in [-0.3, -0.25) is 14.8 Å². The number of aliphatic imine (C=N–C) groups is 1. The summed E-state index contributed by atoms with van der Waals surface area (Å²) in [5.74, 6) is -0.832. The summed E-state index contributed by atoms with van der Waals surface area (Å²) >= 11 is 5.99. The van der Waals surface area contributed by atoms with Gasteiger partial charge in [-0.25, -0.2) is 4.98 Å². The van der Waals surface area contributed by atoms with E-state index >= 15 is 0 Å². The Balaban J connectivity index is 1.90. The lowest BCUT2D eigenvalue weighted by Crippen LogP contribution is -2.36. The quantitative estimate of drug-likeness (QED) is 0.484. The second-order valence-corrected chi connectivity index (χ2v) is 7.41. The van der Waals surface area contributed by atoms with E-state index < -0.39 is 41.4 Å². The normalized spacial score (nSPS) is 17.6. The number of allylic oxidation sites excluding steroid dienone is 1. The zero-order valence-corrected chi connectivity index (χ0v) is 17.6. The maximum Gasteiger partial charge on any atom is 0.433 e. The van der Waals surface area contributed by atoms with Crippen molar-refractivity contribution in [2.24, 2.45) is 10.7 Å². The fraction of sp³-hybridized carbons (Fsp3) is 0.368. The molecule has 0 aromatic carbocycles. The maximum absolute atomic E-state index is 13.0. The lowest BCUT2D eigenvalue weighted by molar-refractivity contribution is -0.141. The first-order chi connectivity index (χ1) is 15.3. The standard InChI is InChI=1S/C19H16ClF6N5O2/c1-28-11(6-13(27)18(21,22)23)16(32)30-10-3-2-4-12-15(10)31-17(33-12)8-5-14(19(24,25)26)29-7-9(8)20/h5-7,10H,2-4,27H2,1H3,(H,30,32)/b13-6-,28-11?. The molecule has 0 saturated carbocycles. The van der Waals surface area contributed by atoms with E-state index in [2.05, 4.69) is 20.3 Å². The van der Waals surface area contributed by atoms with Gasteiger partial charge in [-0.15, -0.1) is 0 Å². The number of amides is 1. The van der Waals surface area contributed by atoms with Crippen LogP contribution in [-0.4, -0.2) is 34.8 Å². The van der Waals surface area contributed by atoms with Gasteiger partial charge in [-0.2, -0.15) is 26.3 Å². The molecular formula is C19H16ClF6N5O2. The number of nitrogens with two attached hydrogens (primary N) is 1. The molecule has 178 valence electrons. The summed E-state index contributed by atoms with van der Waals surface area (Å²) in [6, 6.07) is -0.0848. The fourth-order valence-electron chi connectivity index (χ4n) is 3.12. The number of oxazole rings is 1. The van der Waals surface area contributed by atoms with Crippen molar-refractivity contribution in [1.29, 1.82) is 0 Å². The summed E-state index contributed by atoms with van der Waals surface area (Å²) in [7, 11) is 1.12. The summed E-state index contributed by atoms with van der Waals surface area (Å²) in [4.78, 5) is 23.5. The Hall–Kier alpha value is -3.09. The lowest BCUT2D eigenvalue weighted by Gasteiger charge is -2.21. The van der Waals surface area contributed by atoms with E-state index in [9.17, 15) is 31.1 Å². The monoisotopic (exact) mass is 495 g/mol. The van der Waals surface area contributed by atoms with Gasteiger partial charge in [0.1, 0.15) is 28.6 Å². The molecule has 2 aromatic rings. The number of nitrogens with one attached hydrogen (secondary N) is 1. The average molecular weight is 496 g/mol. The predicted octanol–water partition coefficient (Wildman–Crippen LogP) is 4.38. The van der Waals surface area contributed by atoms with Crippen LogP contribution < -0.4 is 11.1 Å². The Morgan fingerprint density at radius 1 is 1.33 bits per heavy atom. The molecule has 3 rings (SSSR count). The Kier molecular flexibility index (Phi) is 6.73. The Morgan fingerprint density at radius 2 is 2.03 bits per heavy atom. The molecule has 1 unspecified atom stereocenters. The number of carbonyl (C=O) groups is 1. The first-order valence-electron chi connectivity index (χ1n) is 9.36. The third kappa shape index (κ3) is 5.46. The van der Waals surface area contributed by atoms with Gasteiger partial charge < -0.3 is 15.5 Å². The molecule has 0 radical (unpaired) electrons. The number of fused-ring (bicyclic) bond motifs is 1. The number of nitrogens with zero attached hydrogens (tertiary/aromatic N) is 3. The van der Waals surface area contributed by atoms with E-state index in [-0.39, 0.29) is 22.2 Å². The van der Waals surface area contributed by atoms with Gasteiger partial charge >= 0.3 is 12.4 Å². The maximum atomic E-state index is 13.0. The molecule has 14 heteroatoms. The molecule has 7 nitrogen and oxygen atoms in total. The molecule has 2 aromatic heterocycles. The highest BCUT2D eigenvalue weighted by Gasteiger charge is 2.35. The second-order valence-electron chi connectivity index (χ2n) is 7.00. The van der Waals surface area contributed by atoms with Crippen LogP contribution in [0.15, 0.2) is 33.4 Å². The van der Waals surface area contributed by atoms with Crippen molar-refractivity contribution in [3.63, 3.8) is 0 Å². The first-order valence-corrected chi connectivity index (χ1v) is 9.73. The highest BCUT2D eigenvalue weighted by atomic mass is 35.5. The van der Waals surface area contributed by atoms with Gasteiger partial charge in [0.25, 0.3) is 5.91 Å². The molecule has 2 heterocycles. The Bertz CT molecular complexity index is 1120. The van der Waals surface area contributed by atoms with Crippen LogP contribution in [0.5, 0.6) is 0 Å². The number of hydrogen-bond acceptors (Lipinski definition) is 6. The van der Waals surface area contributed by atoms with Gasteiger partial charge in [0, 0.05) is 19.7 Å². The molecular weight excluding hydrogens is 480 g/mol. The molecule has 0 aliphatic heterocycles. The highest BCUT2D eigenvalue weighted by Crippen LogP contribution is 2.37. The van der Waals surface area contributed by atoms with Crippen molar-refractivity contribution < 1.29 is 35.6 Å². The largest absolute Gasteiger partial charge is 0.441 e. The number of rotatable bonds is 4. The second kappa shape index (κ2) is 9.04. The minimum absolute atomic E-state index is 0.129. The molecule has 1 aliphatic rings. The number of aromatic nitrogens is 2. The Morgan fingerprint density at radius 3 is 2.64 bits per heavy atom. The Labute approximate surface area is 187 Å². The van der Waals surface area contributed by atoms with E-state index in [1.54, 1.807) is 0 Å². The van der Waals surface area contributed by atoms with Gasteiger partial charge in [-0.05, 0) is 25.0 Å². The van der Waals surface area contributed by atoms with E-state index in [1.165, 1.54) is 0 Å². The van der Waals surface area contributed by atoms with Crippen LogP contribution >= 0.6 is 11.6 Å². The van der Waals surface area contributed by atoms with Crippen molar-refractivity contribution >= 4 is 23.2 Å². The van der Waals surface area contributed by atoms with E-state index in [0.29, 0.717) is 37.2 Å².